The van der Waals surface area contributed by atoms with Crippen LogP contribution in [0.2, 0.25) is 5.02 Å². The van der Waals surface area contributed by atoms with Gasteiger partial charge in [-0.1, -0.05) is 41.9 Å². The van der Waals surface area contributed by atoms with Crippen molar-refractivity contribution in [3.63, 3.8) is 0 Å². The van der Waals surface area contributed by atoms with E-state index >= 15 is 0 Å². The number of benzene rings is 2. The molecule has 0 aromatic heterocycles. The molecular formula is C21H27Cl3N2O. The SMILES string of the molecule is C=CCN1CCN(C(c2ccc(Cl)cc2)c2cccc(OC)c2)CC1.Cl.Cl. The zero-order valence-electron chi connectivity index (χ0n) is 15.5. The second-order valence-electron chi connectivity index (χ2n) is 6.36. The van der Waals surface area contributed by atoms with Gasteiger partial charge < -0.3 is 4.74 Å². The Kier molecular flexibility index (Phi) is 10.2. The Morgan fingerprint density at radius 1 is 1.04 bits per heavy atom. The van der Waals surface area contributed by atoms with E-state index in [9.17, 15) is 0 Å². The van der Waals surface area contributed by atoms with Gasteiger partial charge in [0, 0.05) is 37.7 Å². The number of ether oxygens (including phenoxy) is 1. The topological polar surface area (TPSA) is 15.7 Å². The van der Waals surface area contributed by atoms with E-state index in [0.717, 1.165) is 43.5 Å². The fourth-order valence-electron chi connectivity index (χ4n) is 3.46. The molecule has 148 valence electrons. The standard InChI is InChI=1S/C21H25ClN2O.2ClH/c1-3-11-23-12-14-24(15-13-23)21(17-7-9-19(22)10-8-17)18-5-4-6-20(16-18)25-2;;/h3-10,16,21H,1,11-15H2,2H3;2*1H. The first kappa shape index (κ1) is 23.8. The van der Waals surface area contributed by atoms with Crippen molar-refractivity contribution in [2.75, 3.05) is 39.8 Å². The summed E-state index contributed by atoms with van der Waals surface area (Å²) in [7, 11) is 1.71. The van der Waals surface area contributed by atoms with Gasteiger partial charge in [-0.3, -0.25) is 9.80 Å². The lowest BCUT2D eigenvalue weighted by Crippen LogP contribution is -2.47. The lowest BCUT2D eigenvalue weighted by atomic mass is 9.96. The van der Waals surface area contributed by atoms with Crippen LogP contribution in [-0.4, -0.2) is 49.6 Å². The van der Waals surface area contributed by atoms with E-state index in [1.807, 2.05) is 24.3 Å². The molecule has 0 amide bonds. The van der Waals surface area contributed by atoms with E-state index in [0.29, 0.717) is 0 Å². The maximum atomic E-state index is 6.10. The maximum absolute atomic E-state index is 6.10. The van der Waals surface area contributed by atoms with Crippen LogP contribution in [0, 0.1) is 0 Å². The van der Waals surface area contributed by atoms with Crippen molar-refractivity contribution in [1.29, 1.82) is 0 Å². The van der Waals surface area contributed by atoms with Crippen molar-refractivity contribution < 1.29 is 4.74 Å². The predicted octanol–water partition coefficient (Wildman–Crippen LogP) is 5.09. The van der Waals surface area contributed by atoms with Crippen molar-refractivity contribution in [3.05, 3.63) is 77.3 Å². The minimum absolute atomic E-state index is 0. The molecule has 0 radical (unpaired) electrons. The smallest absolute Gasteiger partial charge is 0.119 e. The Morgan fingerprint density at radius 3 is 2.30 bits per heavy atom. The Morgan fingerprint density at radius 2 is 1.70 bits per heavy atom. The van der Waals surface area contributed by atoms with Gasteiger partial charge in [-0.15, -0.1) is 31.4 Å². The van der Waals surface area contributed by atoms with Gasteiger partial charge in [-0.25, -0.2) is 0 Å². The third-order valence-corrected chi connectivity index (χ3v) is 5.01. The van der Waals surface area contributed by atoms with Gasteiger partial charge in [-0.2, -0.15) is 0 Å². The van der Waals surface area contributed by atoms with Gasteiger partial charge in [0.2, 0.25) is 0 Å². The van der Waals surface area contributed by atoms with Gasteiger partial charge in [0.1, 0.15) is 5.75 Å². The highest BCUT2D eigenvalue weighted by Gasteiger charge is 2.26. The average molecular weight is 430 g/mol. The quantitative estimate of drug-likeness (QED) is 0.595. The molecule has 1 saturated heterocycles. The van der Waals surface area contributed by atoms with Crippen molar-refractivity contribution in [1.82, 2.24) is 9.80 Å². The first-order valence-corrected chi connectivity index (χ1v) is 9.06. The van der Waals surface area contributed by atoms with Gasteiger partial charge in [0.15, 0.2) is 0 Å². The van der Waals surface area contributed by atoms with Crippen LogP contribution < -0.4 is 4.74 Å². The van der Waals surface area contributed by atoms with Crippen LogP contribution in [0.5, 0.6) is 5.75 Å². The number of halogens is 3. The van der Waals surface area contributed by atoms with E-state index in [-0.39, 0.29) is 30.9 Å². The molecule has 1 fully saturated rings. The van der Waals surface area contributed by atoms with E-state index < -0.39 is 0 Å². The van der Waals surface area contributed by atoms with Crippen LogP contribution in [0.3, 0.4) is 0 Å². The van der Waals surface area contributed by atoms with Crippen molar-refractivity contribution in [2.45, 2.75) is 6.04 Å². The molecule has 2 aromatic carbocycles. The van der Waals surface area contributed by atoms with Gasteiger partial charge in [-0.05, 0) is 35.4 Å². The monoisotopic (exact) mass is 428 g/mol. The van der Waals surface area contributed by atoms with Crippen LogP contribution in [-0.2, 0) is 0 Å². The Balaban J connectivity index is 0.00000182. The van der Waals surface area contributed by atoms with E-state index in [2.05, 4.69) is 46.7 Å². The van der Waals surface area contributed by atoms with E-state index in [1.165, 1.54) is 11.1 Å². The Bertz CT molecular complexity index is 701. The zero-order valence-corrected chi connectivity index (χ0v) is 17.9. The molecule has 0 bridgehead atoms. The molecule has 1 atom stereocenters. The summed E-state index contributed by atoms with van der Waals surface area (Å²) in [6, 6.07) is 16.8. The molecule has 1 unspecified atom stereocenters. The molecular weight excluding hydrogens is 403 g/mol. The zero-order chi connectivity index (χ0) is 17.6. The first-order valence-electron chi connectivity index (χ1n) is 8.68. The number of piperazine rings is 1. The number of rotatable bonds is 6. The lowest BCUT2D eigenvalue weighted by Gasteiger charge is -2.39. The van der Waals surface area contributed by atoms with E-state index in [4.69, 9.17) is 16.3 Å². The normalized spacial score (nSPS) is 15.9. The second kappa shape index (κ2) is 11.6. The van der Waals surface area contributed by atoms with Crippen LogP contribution >= 0.6 is 36.4 Å². The molecule has 1 aliphatic heterocycles. The van der Waals surface area contributed by atoms with E-state index in [1.54, 1.807) is 7.11 Å². The summed E-state index contributed by atoms with van der Waals surface area (Å²) < 4.78 is 5.44. The Labute approximate surface area is 179 Å². The Hall–Kier alpha value is -1.23. The average Bonchev–Trinajstić information content (AvgIpc) is 2.65. The third kappa shape index (κ3) is 6.13. The van der Waals surface area contributed by atoms with Crippen molar-refractivity contribution >= 4 is 36.4 Å². The summed E-state index contributed by atoms with van der Waals surface area (Å²) >= 11 is 6.10. The minimum atomic E-state index is 0. The highest BCUT2D eigenvalue weighted by molar-refractivity contribution is 6.30. The predicted molar refractivity (Wildman–Crippen MR) is 119 cm³/mol. The second-order valence-corrected chi connectivity index (χ2v) is 6.79. The molecule has 0 N–H and O–H groups in total. The highest BCUT2D eigenvalue weighted by atomic mass is 35.5. The number of hydrogen-bond donors (Lipinski definition) is 0. The van der Waals surface area contributed by atoms with Crippen LogP contribution in [0.1, 0.15) is 17.2 Å². The largest absolute Gasteiger partial charge is 0.497 e. The molecule has 2 aromatic rings. The summed E-state index contributed by atoms with van der Waals surface area (Å²) in [5, 5.41) is 0.768. The lowest BCUT2D eigenvalue weighted by molar-refractivity contribution is 0.117. The van der Waals surface area contributed by atoms with Gasteiger partial charge >= 0.3 is 0 Å². The van der Waals surface area contributed by atoms with Crippen LogP contribution in [0.25, 0.3) is 0 Å². The van der Waals surface area contributed by atoms with Gasteiger partial charge in [0.25, 0.3) is 0 Å². The molecule has 1 aliphatic rings. The molecule has 0 aliphatic carbocycles. The molecule has 0 spiro atoms. The van der Waals surface area contributed by atoms with Gasteiger partial charge in [0.05, 0.1) is 13.2 Å². The number of nitrogens with zero attached hydrogens (tertiary/aromatic N) is 2. The number of hydrogen-bond acceptors (Lipinski definition) is 3. The minimum Gasteiger partial charge on any atom is -0.497 e. The fraction of sp³-hybridized carbons (Fsp3) is 0.333. The third-order valence-electron chi connectivity index (χ3n) is 4.75. The molecule has 27 heavy (non-hydrogen) atoms. The summed E-state index contributed by atoms with van der Waals surface area (Å²) in [5.41, 5.74) is 2.51. The van der Waals surface area contributed by atoms with Crippen molar-refractivity contribution in [3.8, 4) is 5.75 Å². The molecule has 0 saturated carbocycles. The summed E-state index contributed by atoms with van der Waals surface area (Å²) in [6.45, 7) is 8.97. The first-order chi connectivity index (χ1) is 12.2. The number of methoxy groups -OCH3 is 1. The molecule has 6 heteroatoms. The highest BCUT2D eigenvalue weighted by Crippen LogP contribution is 2.32. The molecule has 1 heterocycles. The van der Waals surface area contributed by atoms with Crippen LogP contribution in [0.4, 0.5) is 0 Å². The molecule has 3 rings (SSSR count). The maximum Gasteiger partial charge on any atom is 0.119 e. The summed E-state index contributed by atoms with van der Waals surface area (Å²) in [5.74, 6) is 0.891. The van der Waals surface area contributed by atoms with Crippen molar-refractivity contribution in [2.24, 2.45) is 0 Å². The summed E-state index contributed by atoms with van der Waals surface area (Å²) in [4.78, 5) is 4.98. The fourth-order valence-corrected chi connectivity index (χ4v) is 3.58. The molecule has 3 nitrogen and oxygen atoms in total. The summed E-state index contributed by atoms with van der Waals surface area (Å²) in [6.07, 6.45) is 1.98. The van der Waals surface area contributed by atoms with Crippen LogP contribution in [0.15, 0.2) is 61.2 Å².